The average molecular weight is 402 g/mol. The van der Waals surface area contributed by atoms with Crippen LogP contribution in [-0.4, -0.2) is 24.5 Å². The monoisotopic (exact) mass is 402 g/mol. The number of nitrogens with zero attached hydrogens (tertiary/aromatic N) is 2. The minimum atomic E-state index is 0. The first-order valence-corrected chi connectivity index (χ1v) is 7.64. The van der Waals surface area contributed by atoms with E-state index in [1.54, 1.807) is 0 Å². The van der Waals surface area contributed by atoms with Crippen molar-refractivity contribution in [1.82, 2.24) is 15.6 Å². The summed E-state index contributed by atoms with van der Waals surface area (Å²) in [5.74, 6) is 2.47. The molecule has 0 saturated heterocycles. The number of rotatable bonds is 4. The standard InChI is InChI=1S/C16H26N4.HI/c1-13-7-3-4-8-14(13)11-19-16(17-2)20-12-15-9-5-6-10-18-15;/h5-6,9-10,13-14H,3-4,7-8,11-12H2,1-2H3,(H2,17,19,20);1H. The van der Waals surface area contributed by atoms with E-state index in [4.69, 9.17) is 0 Å². The van der Waals surface area contributed by atoms with Gasteiger partial charge >= 0.3 is 0 Å². The number of hydrogen-bond donors (Lipinski definition) is 2. The van der Waals surface area contributed by atoms with Crippen molar-refractivity contribution < 1.29 is 0 Å². The zero-order chi connectivity index (χ0) is 14.2. The molecule has 1 fully saturated rings. The molecule has 0 radical (unpaired) electrons. The van der Waals surface area contributed by atoms with Crippen molar-refractivity contribution in [1.29, 1.82) is 0 Å². The number of aromatic nitrogens is 1. The molecule has 5 heteroatoms. The van der Waals surface area contributed by atoms with Crippen molar-refractivity contribution in [2.45, 2.75) is 39.2 Å². The first kappa shape index (κ1) is 18.2. The molecule has 1 aromatic heterocycles. The summed E-state index contributed by atoms with van der Waals surface area (Å²) in [5, 5.41) is 6.77. The SMILES string of the molecule is CN=C(NCc1ccccn1)NCC1CCCCC1C.I. The lowest BCUT2D eigenvalue weighted by atomic mass is 9.80. The van der Waals surface area contributed by atoms with Gasteiger partial charge in [0.25, 0.3) is 0 Å². The van der Waals surface area contributed by atoms with Gasteiger partial charge in [-0.3, -0.25) is 9.98 Å². The summed E-state index contributed by atoms with van der Waals surface area (Å²) >= 11 is 0. The quantitative estimate of drug-likeness (QED) is 0.462. The van der Waals surface area contributed by atoms with Crippen LogP contribution >= 0.6 is 24.0 Å². The maximum atomic E-state index is 4.30. The van der Waals surface area contributed by atoms with E-state index in [2.05, 4.69) is 27.5 Å². The third-order valence-electron chi connectivity index (χ3n) is 4.21. The highest BCUT2D eigenvalue weighted by Gasteiger charge is 2.21. The molecule has 21 heavy (non-hydrogen) atoms. The number of aliphatic imine (C=N–C) groups is 1. The molecule has 0 aliphatic heterocycles. The molecule has 0 bridgehead atoms. The van der Waals surface area contributed by atoms with E-state index in [9.17, 15) is 0 Å². The van der Waals surface area contributed by atoms with Gasteiger partial charge in [-0.2, -0.15) is 0 Å². The third kappa shape index (κ3) is 6.20. The second kappa shape index (κ2) is 9.97. The van der Waals surface area contributed by atoms with Crippen molar-refractivity contribution in [2.75, 3.05) is 13.6 Å². The van der Waals surface area contributed by atoms with Gasteiger partial charge in [0.1, 0.15) is 0 Å². The lowest BCUT2D eigenvalue weighted by Crippen LogP contribution is -2.41. The van der Waals surface area contributed by atoms with E-state index in [1.165, 1.54) is 25.7 Å². The zero-order valence-electron chi connectivity index (χ0n) is 13.0. The topological polar surface area (TPSA) is 49.3 Å². The molecule has 4 nitrogen and oxygen atoms in total. The van der Waals surface area contributed by atoms with Crippen LogP contribution in [-0.2, 0) is 6.54 Å². The van der Waals surface area contributed by atoms with E-state index in [1.807, 2.05) is 31.4 Å². The summed E-state index contributed by atoms with van der Waals surface area (Å²) in [7, 11) is 1.82. The molecule has 2 unspecified atom stereocenters. The Morgan fingerprint density at radius 2 is 2.10 bits per heavy atom. The summed E-state index contributed by atoms with van der Waals surface area (Å²) in [4.78, 5) is 8.58. The minimum absolute atomic E-state index is 0. The Morgan fingerprint density at radius 3 is 2.76 bits per heavy atom. The third-order valence-corrected chi connectivity index (χ3v) is 4.21. The van der Waals surface area contributed by atoms with Crippen molar-refractivity contribution in [3.63, 3.8) is 0 Å². The van der Waals surface area contributed by atoms with Crippen LogP contribution in [0.1, 0.15) is 38.3 Å². The smallest absolute Gasteiger partial charge is 0.191 e. The summed E-state index contributed by atoms with van der Waals surface area (Å²) in [6, 6.07) is 5.95. The Labute approximate surface area is 145 Å². The molecule has 0 spiro atoms. The van der Waals surface area contributed by atoms with Gasteiger partial charge in [-0.05, 0) is 30.4 Å². The van der Waals surface area contributed by atoms with E-state index in [-0.39, 0.29) is 24.0 Å². The number of halogens is 1. The second-order valence-corrected chi connectivity index (χ2v) is 5.65. The average Bonchev–Trinajstić information content (AvgIpc) is 2.50. The summed E-state index contributed by atoms with van der Waals surface area (Å²) in [6.07, 6.45) is 7.29. The lowest BCUT2D eigenvalue weighted by Gasteiger charge is -2.29. The molecule has 1 aromatic rings. The normalized spacial score (nSPS) is 22.3. The number of hydrogen-bond acceptors (Lipinski definition) is 2. The Bertz CT molecular complexity index is 422. The predicted molar refractivity (Wildman–Crippen MR) is 99.0 cm³/mol. The first-order chi connectivity index (χ1) is 9.79. The van der Waals surface area contributed by atoms with Gasteiger partial charge in [0.2, 0.25) is 0 Å². The second-order valence-electron chi connectivity index (χ2n) is 5.65. The lowest BCUT2D eigenvalue weighted by molar-refractivity contribution is 0.256. The highest BCUT2D eigenvalue weighted by atomic mass is 127. The van der Waals surface area contributed by atoms with Gasteiger partial charge in [0, 0.05) is 19.8 Å². The number of guanidine groups is 1. The molecule has 0 amide bonds. The van der Waals surface area contributed by atoms with Crippen molar-refractivity contribution in [3.05, 3.63) is 30.1 Å². The number of nitrogens with one attached hydrogen (secondary N) is 2. The van der Waals surface area contributed by atoms with Crippen LogP contribution in [0.5, 0.6) is 0 Å². The summed E-state index contributed by atoms with van der Waals surface area (Å²) < 4.78 is 0. The molecular formula is C16H27IN4. The fourth-order valence-corrected chi connectivity index (χ4v) is 2.82. The zero-order valence-corrected chi connectivity index (χ0v) is 15.3. The molecule has 118 valence electrons. The van der Waals surface area contributed by atoms with Crippen LogP contribution in [0, 0.1) is 11.8 Å². The highest BCUT2D eigenvalue weighted by molar-refractivity contribution is 14.0. The van der Waals surface area contributed by atoms with Crippen LogP contribution < -0.4 is 10.6 Å². The van der Waals surface area contributed by atoms with E-state index >= 15 is 0 Å². The minimum Gasteiger partial charge on any atom is -0.356 e. The van der Waals surface area contributed by atoms with Gasteiger partial charge in [-0.1, -0.05) is 32.3 Å². The van der Waals surface area contributed by atoms with Crippen LogP contribution in [0.4, 0.5) is 0 Å². The molecule has 2 N–H and O–H groups in total. The van der Waals surface area contributed by atoms with Crippen LogP contribution in [0.2, 0.25) is 0 Å². The fraction of sp³-hybridized carbons (Fsp3) is 0.625. The molecule has 1 aliphatic carbocycles. The van der Waals surface area contributed by atoms with Crippen LogP contribution in [0.3, 0.4) is 0 Å². The number of pyridine rings is 1. The molecule has 1 aliphatic rings. The predicted octanol–water partition coefficient (Wildman–Crippen LogP) is 3.19. The molecular weight excluding hydrogens is 375 g/mol. The van der Waals surface area contributed by atoms with Gasteiger partial charge in [0.05, 0.1) is 12.2 Å². The largest absolute Gasteiger partial charge is 0.356 e. The molecule has 2 rings (SSSR count). The summed E-state index contributed by atoms with van der Waals surface area (Å²) in [6.45, 7) is 4.10. The van der Waals surface area contributed by atoms with Crippen LogP contribution in [0.15, 0.2) is 29.4 Å². The van der Waals surface area contributed by atoms with Crippen molar-refractivity contribution in [3.8, 4) is 0 Å². The fourth-order valence-electron chi connectivity index (χ4n) is 2.82. The maximum absolute atomic E-state index is 4.30. The molecule has 0 aromatic carbocycles. The van der Waals surface area contributed by atoms with Gasteiger partial charge in [-0.25, -0.2) is 0 Å². The van der Waals surface area contributed by atoms with Gasteiger partial charge in [-0.15, -0.1) is 24.0 Å². The Balaban J connectivity index is 0.00000220. The van der Waals surface area contributed by atoms with Crippen LogP contribution in [0.25, 0.3) is 0 Å². The first-order valence-electron chi connectivity index (χ1n) is 7.64. The maximum Gasteiger partial charge on any atom is 0.191 e. The van der Waals surface area contributed by atoms with Gasteiger partial charge < -0.3 is 10.6 Å². The molecule has 1 saturated carbocycles. The Morgan fingerprint density at radius 1 is 1.29 bits per heavy atom. The highest BCUT2D eigenvalue weighted by Crippen LogP contribution is 2.28. The molecule has 2 atom stereocenters. The Kier molecular flexibility index (Phi) is 8.64. The van der Waals surface area contributed by atoms with E-state index in [0.29, 0.717) is 6.54 Å². The Hall–Kier alpha value is -0.850. The van der Waals surface area contributed by atoms with E-state index < -0.39 is 0 Å². The molecule has 1 heterocycles. The summed E-state index contributed by atoms with van der Waals surface area (Å²) in [5.41, 5.74) is 1.03. The van der Waals surface area contributed by atoms with Crippen molar-refractivity contribution in [2.24, 2.45) is 16.8 Å². The van der Waals surface area contributed by atoms with E-state index in [0.717, 1.165) is 30.0 Å². The van der Waals surface area contributed by atoms with Gasteiger partial charge in [0.15, 0.2) is 5.96 Å². The van der Waals surface area contributed by atoms with Crippen molar-refractivity contribution >= 4 is 29.9 Å².